The number of halogens is 1. The van der Waals surface area contributed by atoms with Gasteiger partial charge >= 0.3 is 0 Å². The number of carbonyl (C=O) groups excluding carboxylic acids is 2. The van der Waals surface area contributed by atoms with Crippen molar-refractivity contribution < 1.29 is 9.59 Å². The molecule has 0 fully saturated rings. The van der Waals surface area contributed by atoms with Gasteiger partial charge in [0.15, 0.2) is 0 Å². The molecule has 2 rings (SSSR count). The molecule has 5 heteroatoms. The molecule has 1 aliphatic rings. The van der Waals surface area contributed by atoms with Crippen LogP contribution in [0.4, 0.5) is 0 Å². The second kappa shape index (κ2) is 6.19. The largest absolute Gasteiger partial charge is 0.370 e. The highest BCUT2D eigenvalue weighted by Crippen LogP contribution is 2.26. The van der Waals surface area contributed by atoms with Crippen LogP contribution in [0.5, 0.6) is 0 Å². The van der Waals surface area contributed by atoms with Gasteiger partial charge in [0, 0.05) is 29.5 Å². The molecule has 0 unspecified atom stereocenters. The normalized spacial score (nSPS) is 13.7. The van der Waals surface area contributed by atoms with Crippen molar-refractivity contribution in [1.82, 2.24) is 4.90 Å². The number of carbonyl (C=O) groups is 2. The van der Waals surface area contributed by atoms with Gasteiger partial charge in [0.25, 0.3) is 5.91 Å². The lowest BCUT2D eigenvalue weighted by molar-refractivity contribution is -0.118. The first-order chi connectivity index (χ1) is 9.08. The molecule has 0 saturated carbocycles. The lowest BCUT2D eigenvalue weighted by Crippen LogP contribution is -2.25. The summed E-state index contributed by atoms with van der Waals surface area (Å²) in [6.07, 6.45) is 3.07. The molecule has 1 heterocycles. The van der Waals surface area contributed by atoms with Crippen LogP contribution in [-0.4, -0.2) is 23.3 Å². The van der Waals surface area contributed by atoms with Gasteiger partial charge in [-0.3, -0.25) is 9.59 Å². The van der Waals surface area contributed by atoms with Gasteiger partial charge in [0.05, 0.1) is 0 Å². The lowest BCUT2D eigenvalue weighted by Gasteiger charge is -2.15. The molecule has 1 aromatic carbocycles. The summed E-state index contributed by atoms with van der Waals surface area (Å²) in [7, 11) is 0. The molecule has 0 bridgehead atoms. The molecule has 102 valence electrons. The summed E-state index contributed by atoms with van der Waals surface area (Å²) in [5.41, 5.74) is 6.97. The quantitative estimate of drug-likeness (QED) is 0.817. The van der Waals surface area contributed by atoms with Crippen LogP contribution >= 0.6 is 15.9 Å². The van der Waals surface area contributed by atoms with E-state index in [1.54, 1.807) is 0 Å². The Hall–Kier alpha value is -1.36. The Morgan fingerprint density at radius 2 is 2.11 bits per heavy atom. The summed E-state index contributed by atoms with van der Waals surface area (Å²) in [4.78, 5) is 24.6. The molecule has 19 heavy (non-hydrogen) atoms. The van der Waals surface area contributed by atoms with E-state index >= 15 is 0 Å². The molecule has 4 nitrogen and oxygen atoms in total. The zero-order chi connectivity index (χ0) is 13.8. The van der Waals surface area contributed by atoms with Crippen molar-refractivity contribution in [2.75, 3.05) is 6.54 Å². The number of primary amides is 1. The third-order valence-corrected chi connectivity index (χ3v) is 3.79. The number of rotatable bonds is 6. The van der Waals surface area contributed by atoms with E-state index in [0.29, 0.717) is 13.0 Å². The SMILES string of the molecule is NC(=O)CCCCCN1Cc2cc(Br)ccc2C1=O. The molecule has 0 aromatic heterocycles. The van der Waals surface area contributed by atoms with Crippen LogP contribution in [0.25, 0.3) is 0 Å². The van der Waals surface area contributed by atoms with E-state index in [4.69, 9.17) is 5.73 Å². The Kier molecular flexibility index (Phi) is 4.58. The van der Waals surface area contributed by atoms with Gasteiger partial charge in [-0.2, -0.15) is 0 Å². The Morgan fingerprint density at radius 1 is 1.32 bits per heavy atom. The fourth-order valence-corrected chi connectivity index (χ4v) is 2.72. The predicted octanol–water partition coefficient (Wildman–Crippen LogP) is 2.45. The second-order valence-electron chi connectivity index (χ2n) is 4.81. The van der Waals surface area contributed by atoms with Crippen LogP contribution in [0.15, 0.2) is 22.7 Å². The van der Waals surface area contributed by atoms with Crippen LogP contribution in [0.3, 0.4) is 0 Å². The van der Waals surface area contributed by atoms with Crippen molar-refractivity contribution in [1.29, 1.82) is 0 Å². The molecular formula is C14H17BrN2O2. The van der Waals surface area contributed by atoms with Gasteiger partial charge in [-0.15, -0.1) is 0 Å². The standard InChI is InChI=1S/C14H17BrN2O2/c15-11-5-6-12-10(8-11)9-17(14(12)19)7-3-1-2-4-13(16)18/h5-6,8H,1-4,7,9H2,(H2,16,18). The average Bonchev–Trinajstić information content (AvgIpc) is 2.65. The number of fused-ring (bicyclic) bond motifs is 1. The Morgan fingerprint density at radius 3 is 2.84 bits per heavy atom. The first-order valence-corrected chi connectivity index (χ1v) is 7.23. The van der Waals surface area contributed by atoms with Gasteiger partial charge < -0.3 is 10.6 Å². The van der Waals surface area contributed by atoms with Gasteiger partial charge in [-0.1, -0.05) is 22.4 Å². The molecule has 0 atom stereocenters. The first-order valence-electron chi connectivity index (χ1n) is 6.44. The Bertz CT molecular complexity index is 502. The number of hydrogen-bond donors (Lipinski definition) is 1. The van der Waals surface area contributed by atoms with Crippen LogP contribution in [0.2, 0.25) is 0 Å². The van der Waals surface area contributed by atoms with E-state index in [0.717, 1.165) is 41.4 Å². The fourth-order valence-electron chi connectivity index (χ4n) is 2.31. The minimum absolute atomic E-state index is 0.109. The van der Waals surface area contributed by atoms with Gasteiger partial charge in [-0.05, 0) is 36.6 Å². The highest BCUT2D eigenvalue weighted by atomic mass is 79.9. The molecule has 0 saturated heterocycles. The summed E-state index contributed by atoms with van der Waals surface area (Å²) in [5.74, 6) is -0.146. The monoisotopic (exact) mass is 324 g/mol. The zero-order valence-corrected chi connectivity index (χ0v) is 12.3. The number of benzene rings is 1. The van der Waals surface area contributed by atoms with E-state index in [-0.39, 0.29) is 11.8 Å². The number of nitrogens with two attached hydrogens (primary N) is 1. The third kappa shape index (κ3) is 3.56. The molecular weight excluding hydrogens is 308 g/mol. The van der Waals surface area contributed by atoms with Crippen molar-refractivity contribution in [2.45, 2.75) is 32.2 Å². The highest BCUT2D eigenvalue weighted by Gasteiger charge is 2.26. The minimum Gasteiger partial charge on any atom is -0.370 e. The van der Waals surface area contributed by atoms with Crippen LogP contribution in [0.1, 0.15) is 41.6 Å². The fraction of sp³-hybridized carbons (Fsp3) is 0.429. The molecule has 1 aliphatic heterocycles. The summed E-state index contributed by atoms with van der Waals surface area (Å²) >= 11 is 3.42. The Labute approximate surface area is 121 Å². The maximum absolute atomic E-state index is 12.1. The smallest absolute Gasteiger partial charge is 0.254 e. The number of nitrogens with zero attached hydrogens (tertiary/aromatic N) is 1. The van der Waals surface area contributed by atoms with Crippen molar-refractivity contribution >= 4 is 27.7 Å². The van der Waals surface area contributed by atoms with Crippen LogP contribution < -0.4 is 5.73 Å². The van der Waals surface area contributed by atoms with E-state index < -0.39 is 0 Å². The predicted molar refractivity (Wildman–Crippen MR) is 76.5 cm³/mol. The topological polar surface area (TPSA) is 63.4 Å². The number of unbranched alkanes of at least 4 members (excludes halogenated alkanes) is 2. The van der Waals surface area contributed by atoms with E-state index in [1.165, 1.54) is 0 Å². The van der Waals surface area contributed by atoms with Gasteiger partial charge in [0.1, 0.15) is 0 Å². The van der Waals surface area contributed by atoms with E-state index in [2.05, 4.69) is 15.9 Å². The average molecular weight is 325 g/mol. The van der Waals surface area contributed by atoms with Crippen molar-refractivity contribution in [3.05, 3.63) is 33.8 Å². The molecule has 2 amide bonds. The van der Waals surface area contributed by atoms with E-state index in [1.807, 2.05) is 23.1 Å². The maximum Gasteiger partial charge on any atom is 0.254 e. The van der Waals surface area contributed by atoms with Crippen LogP contribution in [-0.2, 0) is 11.3 Å². The maximum atomic E-state index is 12.1. The Balaban J connectivity index is 1.81. The minimum atomic E-state index is -0.255. The summed E-state index contributed by atoms with van der Waals surface area (Å²) in [5, 5.41) is 0. The summed E-state index contributed by atoms with van der Waals surface area (Å²) in [6.45, 7) is 1.42. The van der Waals surface area contributed by atoms with Crippen molar-refractivity contribution in [2.24, 2.45) is 5.73 Å². The number of amides is 2. The molecule has 0 spiro atoms. The van der Waals surface area contributed by atoms with Gasteiger partial charge in [-0.25, -0.2) is 0 Å². The highest BCUT2D eigenvalue weighted by molar-refractivity contribution is 9.10. The first kappa shape index (κ1) is 14.1. The zero-order valence-electron chi connectivity index (χ0n) is 10.7. The van der Waals surface area contributed by atoms with E-state index in [9.17, 15) is 9.59 Å². The van der Waals surface area contributed by atoms with Crippen molar-refractivity contribution in [3.63, 3.8) is 0 Å². The van der Waals surface area contributed by atoms with Crippen molar-refractivity contribution in [3.8, 4) is 0 Å². The molecule has 2 N–H and O–H groups in total. The summed E-state index contributed by atoms with van der Waals surface area (Å²) in [6, 6.07) is 5.77. The van der Waals surface area contributed by atoms with Gasteiger partial charge in [0.2, 0.25) is 5.91 Å². The molecule has 1 aromatic rings. The second-order valence-corrected chi connectivity index (χ2v) is 5.72. The third-order valence-electron chi connectivity index (χ3n) is 3.30. The molecule has 0 aliphatic carbocycles. The lowest BCUT2D eigenvalue weighted by atomic mass is 10.1. The summed E-state index contributed by atoms with van der Waals surface area (Å²) < 4.78 is 1.00. The molecule has 0 radical (unpaired) electrons. The number of hydrogen-bond acceptors (Lipinski definition) is 2. The van der Waals surface area contributed by atoms with Crippen LogP contribution in [0, 0.1) is 0 Å².